The molecule has 0 saturated heterocycles. The minimum absolute atomic E-state index is 0. The molecule has 5 rings (SSSR count). The Kier molecular flexibility index (Phi) is 5.42. The van der Waals surface area contributed by atoms with Crippen LogP contribution in [0.15, 0.2) is 30.3 Å². The van der Waals surface area contributed by atoms with E-state index >= 15 is 0 Å². The van der Waals surface area contributed by atoms with Crippen LogP contribution in [-0.2, 0) is 45.8 Å². The van der Waals surface area contributed by atoms with Crippen molar-refractivity contribution in [3.05, 3.63) is 58.7 Å². The minimum Gasteiger partial charge on any atom is -0.177 e. The average molecular weight is 534 g/mol. The molecule has 0 N–H and O–H groups in total. The molecule has 1 heterocycles. The van der Waals surface area contributed by atoms with Gasteiger partial charge in [0, 0.05) is 25.7 Å². The van der Waals surface area contributed by atoms with E-state index < -0.39 is 0 Å². The molecule has 0 aliphatic heterocycles. The maximum atomic E-state index is 4.44. The van der Waals surface area contributed by atoms with E-state index in [1.54, 1.807) is 0 Å². The van der Waals surface area contributed by atoms with E-state index in [0.29, 0.717) is 11.6 Å². The van der Waals surface area contributed by atoms with Gasteiger partial charge in [-0.3, -0.25) is 0 Å². The molecule has 2 aliphatic rings. The Morgan fingerprint density at radius 1 is 0.667 bits per heavy atom. The number of aromatic nitrogens is 4. The first kappa shape index (κ1) is 18.4. The Balaban J connectivity index is 0.00000180. The van der Waals surface area contributed by atoms with Crippen LogP contribution < -0.4 is 0 Å². The van der Waals surface area contributed by atoms with Gasteiger partial charge in [-0.15, -0.1) is 39.5 Å². The standard InChI is InChI=1S/C22H21N4.Ir/c1-3-11-17-15(7-1)9-5-13-19(17)21-23-25-22(26-24-21)20-14-6-10-16-8-2-4-12-18(16)20;/h5-6,9-10,13H,1-4,7-8,11-12H2;/q-1;. The van der Waals surface area contributed by atoms with Crippen molar-refractivity contribution in [2.75, 3.05) is 0 Å². The third kappa shape index (κ3) is 3.46. The summed E-state index contributed by atoms with van der Waals surface area (Å²) in [7, 11) is 0. The first-order valence-electron chi connectivity index (χ1n) is 9.61. The Hall–Kier alpha value is -1.97. The summed E-state index contributed by atoms with van der Waals surface area (Å²) in [4.78, 5) is 0. The summed E-state index contributed by atoms with van der Waals surface area (Å²) in [5.74, 6) is 1.23. The third-order valence-electron chi connectivity index (χ3n) is 5.66. The first-order chi connectivity index (χ1) is 12.9. The maximum Gasteiger partial charge on any atom is 0.202 e. The summed E-state index contributed by atoms with van der Waals surface area (Å²) in [5, 5.41) is 17.7. The van der Waals surface area contributed by atoms with Crippen LogP contribution in [-0.4, -0.2) is 20.4 Å². The van der Waals surface area contributed by atoms with E-state index in [2.05, 4.69) is 50.7 Å². The van der Waals surface area contributed by atoms with Crippen LogP contribution in [0.1, 0.15) is 47.9 Å². The second-order valence-electron chi connectivity index (χ2n) is 7.26. The number of nitrogens with zero attached hydrogens (tertiary/aromatic N) is 4. The summed E-state index contributed by atoms with van der Waals surface area (Å²) in [5.41, 5.74) is 7.59. The van der Waals surface area contributed by atoms with Gasteiger partial charge in [-0.05, 0) is 43.2 Å². The first-order valence-corrected chi connectivity index (χ1v) is 9.61. The summed E-state index contributed by atoms with van der Waals surface area (Å²) in [6.07, 6.45) is 9.41. The van der Waals surface area contributed by atoms with Gasteiger partial charge in [0.2, 0.25) is 5.82 Å². The van der Waals surface area contributed by atoms with E-state index in [1.807, 2.05) is 6.07 Å². The van der Waals surface area contributed by atoms with Crippen LogP contribution in [0.25, 0.3) is 22.8 Å². The van der Waals surface area contributed by atoms with Crippen molar-refractivity contribution in [3.8, 4) is 22.8 Å². The molecule has 3 aromatic rings. The van der Waals surface area contributed by atoms with Gasteiger partial charge in [0.25, 0.3) is 0 Å². The number of aryl methyl sites for hydroxylation is 2. The zero-order chi connectivity index (χ0) is 17.3. The molecule has 0 fully saturated rings. The van der Waals surface area contributed by atoms with E-state index in [9.17, 15) is 0 Å². The molecule has 2 aliphatic carbocycles. The van der Waals surface area contributed by atoms with Crippen molar-refractivity contribution in [2.45, 2.75) is 51.4 Å². The molecule has 1 radical (unpaired) electrons. The molecule has 2 aromatic carbocycles. The van der Waals surface area contributed by atoms with E-state index in [-0.39, 0.29) is 20.1 Å². The smallest absolute Gasteiger partial charge is 0.177 e. The summed E-state index contributed by atoms with van der Waals surface area (Å²) >= 11 is 0. The minimum atomic E-state index is 0. The molecule has 0 bridgehead atoms. The normalized spacial score (nSPS) is 15.4. The summed E-state index contributed by atoms with van der Waals surface area (Å²) in [6, 6.07) is 13.9. The molecule has 5 heteroatoms. The van der Waals surface area contributed by atoms with E-state index in [0.717, 1.165) is 36.8 Å². The molecule has 0 spiro atoms. The molecule has 0 unspecified atom stereocenters. The molecular formula is C22H21IrN4-. The third-order valence-corrected chi connectivity index (χ3v) is 5.66. The zero-order valence-corrected chi connectivity index (χ0v) is 17.6. The number of hydrogen-bond donors (Lipinski definition) is 0. The number of rotatable bonds is 2. The number of hydrogen-bond acceptors (Lipinski definition) is 4. The Bertz CT molecular complexity index is 875. The Morgan fingerprint density at radius 2 is 1.30 bits per heavy atom. The molecule has 1 aromatic heterocycles. The van der Waals surface area contributed by atoms with Crippen LogP contribution in [0.2, 0.25) is 0 Å². The fourth-order valence-electron chi connectivity index (χ4n) is 4.34. The molecule has 27 heavy (non-hydrogen) atoms. The van der Waals surface area contributed by atoms with Crippen molar-refractivity contribution in [2.24, 2.45) is 0 Å². The Morgan fingerprint density at radius 3 is 2.07 bits per heavy atom. The SMILES string of the molecule is [Ir].[c-]1ccc2c(c1-c1nnc(-c3cccc4c3CCCC4)nn1)CCCC2. The summed E-state index contributed by atoms with van der Waals surface area (Å²) in [6.45, 7) is 0. The average Bonchev–Trinajstić information content (AvgIpc) is 2.73. The van der Waals surface area contributed by atoms with E-state index in [1.165, 1.54) is 47.9 Å². The van der Waals surface area contributed by atoms with Crippen LogP contribution in [0.3, 0.4) is 0 Å². The van der Waals surface area contributed by atoms with Crippen molar-refractivity contribution < 1.29 is 20.1 Å². The van der Waals surface area contributed by atoms with Gasteiger partial charge in [0.05, 0.1) is 0 Å². The van der Waals surface area contributed by atoms with Gasteiger partial charge >= 0.3 is 0 Å². The van der Waals surface area contributed by atoms with Crippen LogP contribution >= 0.6 is 0 Å². The predicted octanol–water partition coefficient (Wildman–Crippen LogP) is 4.16. The molecule has 0 atom stereocenters. The molecule has 0 amide bonds. The van der Waals surface area contributed by atoms with Crippen LogP contribution in [0.5, 0.6) is 0 Å². The second-order valence-corrected chi connectivity index (χ2v) is 7.26. The summed E-state index contributed by atoms with van der Waals surface area (Å²) < 4.78 is 0. The van der Waals surface area contributed by atoms with E-state index in [4.69, 9.17) is 0 Å². The van der Waals surface area contributed by atoms with Gasteiger partial charge in [-0.25, -0.2) is 0 Å². The van der Waals surface area contributed by atoms with Gasteiger partial charge < -0.3 is 0 Å². The maximum absolute atomic E-state index is 4.44. The fraction of sp³-hybridized carbons (Fsp3) is 0.364. The van der Waals surface area contributed by atoms with Gasteiger partial charge in [0.1, 0.15) is 5.82 Å². The zero-order valence-electron chi connectivity index (χ0n) is 15.2. The Labute approximate surface area is 173 Å². The molecule has 139 valence electrons. The predicted molar refractivity (Wildman–Crippen MR) is 101 cm³/mol. The van der Waals surface area contributed by atoms with Gasteiger partial charge in [-0.2, -0.15) is 10.2 Å². The molecule has 0 saturated carbocycles. The van der Waals surface area contributed by atoms with Gasteiger partial charge in [0.15, 0.2) is 0 Å². The number of benzene rings is 2. The topological polar surface area (TPSA) is 51.6 Å². The fourth-order valence-corrected chi connectivity index (χ4v) is 4.34. The van der Waals surface area contributed by atoms with Crippen LogP contribution in [0, 0.1) is 6.07 Å². The molecular weight excluding hydrogens is 512 g/mol. The number of fused-ring (bicyclic) bond motifs is 2. The largest absolute Gasteiger partial charge is 0.202 e. The quantitative estimate of drug-likeness (QED) is 0.465. The van der Waals surface area contributed by atoms with Crippen LogP contribution in [0.4, 0.5) is 0 Å². The van der Waals surface area contributed by atoms with Crippen molar-refractivity contribution in [1.29, 1.82) is 0 Å². The van der Waals surface area contributed by atoms with Crippen molar-refractivity contribution >= 4 is 0 Å². The molecule has 4 nitrogen and oxygen atoms in total. The van der Waals surface area contributed by atoms with Crippen molar-refractivity contribution in [1.82, 2.24) is 20.4 Å². The monoisotopic (exact) mass is 534 g/mol. The van der Waals surface area contributed by atoms with Crippen molar-refractivity contribution in [3.63, 3.8) is 0 Å². The van der Waals surface area contributed by atoms with Gasteiger partial charge in [-0.1, -0.05) is 43.0 Å². The second kappa shape index (κ2) is 7.95.